The molecule has 0 fully saturated rings. The van der Waals surface area contributed by atoms with Crippen LogP contribution in [0.1, 0.15) is 42.5 Å². The highest BCUT2D eigenvalue weighted by atomic mass is 16.3. The first-order valence-electron chi connectivity index (χ1n) is 8.43. The van der Waals surface area contributed by atoms with Crippen molar-refractivity contribution in [3.63, 3.8) is 0 Å². The minimum absolute atomic E-state index is 0.241. The van der Waals surface area contributed by atoms with Crippen molar-refractivity contribution in [3.8, 4) is 0 Å². The van der Waals surface area contributed by atoms with Crippen molar-refractivity contribution in [1.29, 1.82) is 0 Å². The van der Waals surface area contributed by atoms with Gasteiger partial charge in [-0.1, -0.05) is 31.5 Å². The molecule has 0 bridgehead atoms. The van der Waals surface area contributed by atoms with Gasteiger partial charge in [0.2, 0.25) is 6.34 Å². The fourth-order valence-corrected chi connectivity index (χ4v) is 3.49. The van der Waals surface area contributed by atoms with E-state index in [1.807, 2.05) is 0 Å². The van der Waals surface area contributed by atoms with E-state index in [-0.39, 0.29) is 12.6 Å². The van der Waals surface area contributed by atoms with Crippen LogP contribution in [-0.4, -0.2) is 46.7 Å². The maximum atomic E-state index is 9.65. The summed E-state index contributed by atoms with van der Waals surface area (Å²) in [5.74, 6) is 0.612. The van der Waals surface area contributed by atoms with Crippen molar-refractivity contribution >= 4 is 6.34 Å². The second kappa shape index (κ2) is 7.28. The van der Waals surface area contributed by atoms with Crippen LogP contribution in [0.3, 0.4) is 0 Å². The van der Waals surface area contributed by atoms with Crippen molar-refractivity contribution in [3.05, 3.63) is 34.4 Å². The SMILES string of the molecule is Cc1cc(C)c(C[N+]2=CN([C@H](CO)CC(C)C)CC2)c(C)c1. The summed E-state index contributed by atoms with van der Waals surface area (Å²) < 4.78 is 2.38. The summed E-state index contributed by atoms with van der Waals surface area (Å²) in [4.78, 5) is 2.32. The van der Waals surface area contributed by atoms with Crippen LogP contribution in [0.2, 0.25) is 0 Å². The molecule has 0 unspecified atom stereocenters. The van der Waals surface area contributed by atoms with Crippen molar-refractivity contribution in [1.82, 2.24) is 4.90 Å². The lowest BCUT2D eigenvalue weighted by molar-refractivity contribution is -0.530. The molecule has 1 N–H and O–H groups in total. The standard InChI is InChI=1S/C19H31N2O/c1-14(2)8-18(12-22)21-7-6-20(13-21)11-19-16(4)9-15(3)10-17(19)5/h9-10,13-14,18,22H,6-8,11-12H2,1-5H3/q+1/t18-/m0/s1. The molecule has 0 saturated carbocycles. The van der Waals surface area contributed by atoms with Gasteiger partial charge in [0.1, 0.15) is 25.7 Å². The lowest BCUT2D eigenvalue weighted by Gasteiger charge is -2.20. The van der Waals surface area contributed by atoms with E-state index in [4.69, 9.17) is 0 Å². The van der Waals surface area contributed by atoms with E-state index in [1.165, 1.54) is 22.3 Å². The number of nitrogens with zero attached hydrogens (tertiary/aromatic N) is 2. The second-order valence-corrected chi connectivity index (χ2v) is 7.17. The van der Waals surface area contributed by atoms with Gasteiger partial charge in [0, 0.05) is 0 Å². The molecule has 1 aromatic carbocycles. The predicted molar refractivity (Wildman–Crippen MR) is 92.6 cm³/mol. The number of aryl methyl sites for hydroxylation is 3. The number of hydrogen-bond donors (Lipinski definition) is 1. The van der Waals surface area contributed by atoms with Gasteiger partial charge in [-0.05, 0) is 49.8 Å². The molecule has 22 heavy (non-hydrogen) atoms. The summed E-state index contributed by atoms with van der Waals surface area (Å²) >= 11 is 0. The third kappa shape index (κ3) is 4.10. The number of benzene rings is 1. The lowest BCUT2D eigenvalue weighted by Crippen LogP contribution is -2.36. The monoisotopic (exact) mass is 303 g/mol. The average Bonchev–Trinajstić information content (AvgIpc) is 2.88. The van der Waals surface area contributed by atoms with E-state index in [2.05, 4.69) is 62.6 Å². The fourth-order valence-electron chi connectivity index (χ4n) is 3.49. The molecule has 0 amide bonds. The van der Waals surface area contributed by atoms with Gasteiger partial charge < -0.3 is 5.11 Å². The van der Waals surface area contributed by atoms with E-state index in [0.717, 1.165) is 26.1 Å². The van der Waals surface area contributed by atoms with Gasteiger partial charge in [-0.3, -0.25) is 9.48 Å². The predicted octanol–water partition coefficient (Wildman–Crippen LogP) is 2.88. The van der Waals surface area contributed by atoms with Gasteiger partial charge in [-0.15, -0.1) is 0 Å². The first-order valence-corrected chi connectivity index (χ1v) is 8.43. The molecule has 1 aliphatic heterocycles. The maximum Gasteiger partial charge on any atom is 0.234 e. The summed E-state index contributed by atoms with van der Waals surface area (Å²) in [5.41, 5.74) is 5.53. The maximum absolute atomic E-state index is 9.65. The number of rotatable bonds is 6. The van der Waals surface area contributed by atoms with E-state index in [9.17, 15) is 5.11 Å². The van der Waals surface area contributed by atoms with E-state index >= 15 is 0 Å². The van der Waals surface area contributed by atoms with Crippen molar-refractivity contribution < 1.29 is 9.68 Å². The molecule has 1 heterocycles. The molecule has 3 nitrogen and oxygen atoms in total. The highest BCUT2D eigenvalue weighted by Crippen LogP contribution is 2.18. The average molecular weight is 303 g/mol. The van der Waals surface area contributed by atoms with Crippen LogP contribution in [0, 0.1) is 26.7 Å². The summed E-state index contributed by atoms with van der Waals surface area (Å²) in [6.07, 6.45) is 3.27. The topological polar surface area (TPSA) is 26.5 Å². The van der Waals surface area contributed by atoms with E-state index in [1.54, 1.807) is 0 Å². The molecule has 1 aromatic rings. The smallest absolute Gasteiger partial charge is 0.234 e. The molecule has 122 valence electrons. The molecule has 0 aliphatic carbocycles. The number of aliphatic hydroxyl groups excluding tert-OH is 1. The van der Waals surface area contributed by atoms with Gasteiger partial charge >= 0.3 is 0 Å². The Hall–Kier alpha value is -1.35. The van der Waals surface area contributed by atoms with Gasteiger partial charge in [-0.25, -0.2) is 0 Å². The van der Waals surface area contributed by atoms with Crippen LogP contribution in [0.4, 0.5) is 0 Å². The normalized spacial score (nSPS) is 16.3. The Bertz CT molecular complexity index is 525. The third-order valence-corrected chi connectivity index (χ3v) is 4.58. The zero-order valence-electron chi connectivity index (χ0n) is 14.8. The fraction of sp³-hybridized carbons (Fsp3) is 0.632. The molecule has 1 aliphatic rings. The molecular weight excluding hydrogens is 272 g/mol. The summed E-state index contributed by atoms with van der Waals surface area (Å²) in [7, 11) is 0. The largest absolute Gasteiger partial charge is 0.392 e. The van der Waals surface area contributed by atoms with E-state index in [0.29, 0.717) is 5.92 Å². The van der Waals surface area contributed by atoms with E-state index < -0.39 is 0 Å². The Labute approximate surface area is 135 Å². The quantitative estimate of drug-likeness (QED) is 0.818. The highest BCUT2D eigenvalue weighted by Gasteiger charge is 2.28. The van der Waals surface area contributed by atoms with Gasteiger partial charge in [0.25, 0.3) is 0 Å². The minimum Gasteiger partial charge on any atom is -0.392 e. The minimum atomic E-state index is 0.241. The van der Waals surface area contributed by atoms with Crippen molar-refractivity contribution in [2.24, 2.45) is 5.92 Å². The molecule has 0 spiro atoms. The molecule has 2 rings (SSSR count). The van der Waals surface area contributed by atoms with Crippen molar-refractivity contribution in [2.45, 2.75) is 53.6 Å². The zero-order chi connectivity index (χ0) is 16.3. The van der Waals surface area contributed by atoms with Crippen LogP contribution in [0.15, 0.2) is 12.1 Å². The summed E-state index contributed by atoms with van der Waals surface area (Å²) in [6, 6.07) is 4.79. The highest BCUT2D eigenvalue weighted by molar-refractivity contribution is 5.51. The molecule has 0 radical (unpaired) electrons. The molecular formula is C19H31N2O+. The molecule has 1 atom stereocenters. The Morgan fingerprint density at radius 1 is 1.18 bits per heavy atom. The Balaban J connectivity index is 2.10. The molecule has 0 saturated heterocycles. The van der Waals surface area contributed by atoms with Crippen molar-refractivity contribution in [2.75, 3.05) is 19.7 Å². The van der Waals surface area contributed by atoms with Gasteiger partial charge in [-0.2, -0.15) is 0 Å². The van der Waals surface area contributed by atoms with Gasteiger partial charge in [0.15, 0.2) is 0 Å². The van der Waals surface area contributed by atoms with Gasteiger partial charge in [0.05, 0.1) is 6.61 Å². The Kier molecular flexibility index (Phi) is 5.63. The van der Waals surface area contributed by atoms with Crippen LogP contribution in [0.5, 0.6) is 0 Å². The molecule has 3 heteroatoms. The first kappa shape index (κ1) is 17.0. The molecule has 0 aromatic heterocycles. The first-order chi connectivity index (χ1) is 10.4. The lowest BCUT2D eigenvalue weighted by atomic mass is 10.00. The number of aliphatic hydroxyl groups is 1. The number of hydrogen-bond acceptors (Lipinski definition) is 2. The summed E-state index contributed by atoms with van der Waals surface area (Å²) in [5, 5.41) is 9.65. The zero-order valence-corrected chi connectivity index (χ0v) is 14.8. The Morgan fingerprint density at radius 2 is 1.82 bits per heavy atom. The van der Waals surface area contributed by atoms with Crippen LogP contribution in [0.25, 0.3) is 0 Å². The second-order valence-electron chi connectivity index (χ2n) is 7.17. The van der Waals surface area contributed by atoms with Crippen LogP contribution < -0.4 is 0 Å². The third-order valence-electron chi connectivity index (χ3n) is 4.58. The van der Waals surface area contributed by atoms with Crippen LogP contribution >= 0.6 is 0 Å². The summed E-state index contributed by atoms with van der Waals surface area (Å²) in [6.45, 7) is 14.3. The Morgan fingerprint density at radius 3 is 2.36 bits per heavy atom. The van der Waals surface area contributed by atoms with Crippen LogP contribution in [-0.2, 0) is 6.54 Å².